The summed E-state index contributed by atoms with van der Waals surface area (Å²) in [4.78, 5) is 17.5. The topological polar surface area (TPSA) is 73.0 Å². The summed E-state index contributed by atoms with van der Waals surface area (Å²) >= 11 is 0. The molecule has 2 aliphatic rings. The molecule has 0 aromatic heterocycles. The number of hydrogen-bond donors (Lipinski definition) is 1. The molecule has 0 aliphatic carbocycles. The molecule has 2 aromatic rings. The van der Waals surface area contributed by atoms with E-state index in [-0.39, 0.29) is 23.3 Å². The fourth-order valence-corrected chi connectivity index (χ4v) is 6.00. The maximum atomic E-state index is 13.2. The standard InChI is InChI=1S/C24H31FN4O3S/c25-21-8-10-23(11-9-21)33(31,32)29-13-4-5-20(19-29)24(30)26-12-14-27-15-17-28(18-16-27)22-6-2-1-3-7-22/h1-3,6-11,20H,4-5,12-19H2,(H,26,30)/t20-/m0/s1. The maximum absolute atomic E-state index is 13.2. The highest BCUT2D eigenvalue weighted by atomic mass is 32.2. The Hall–Kier alpha value is -2.49. The summed E-state index contributed by atoms with van der Waals surface area (Å²) in [6, 6.07) is 15.2. The molecule has 33 heavy (non-hydrogen) atoms. The molecule has 1 amide bonds. The Kier molecular flexibility index (Phi) is 7.62. The molecule has 0 unspecified atom stereocenters. The monoisotopic (exact) mass is 474 g/mol. The van der Waals surface area contributed by atoms with Gasteiger partial charge < -0.3 is 10.2 Å². The van der Waals surface area contributed by atoms with Crippen LogP contribution in [0.3, 0.4) is 0 Å². The highest BCUT2D eigenvalue weighted by Gasteiger charge is 2.33. The summed E-state index contributed by atoms with van der Waals surface area (Å²) < 4.78 is 40.3. The van der Waals surface area contributed by atoms with E-state index in [1.807, 2.05) is 6.07 Å². The van der Waals surface area contributed by atoms with Crippen LogP contribution in [0.2, 0.25) is 0 Å². The van der Waals surface area contributed by atoms with Crippen LogP contribution >= 0.6 is 0 Å². The van der Waals surface area contributed by atoms with E-state index in [1.165, 1.54) is 22.1 Å². The Balaban J connectivity index is 1.22. The van der Waals surface area contributed by atoms with Crippen molar-refractivity contribution in [3.63, 3.8) is 0 Å². The number of anilines is 1. The molecule has 9 heteroatoms. The van der Waals surface area contributed by atoms with Gasteiger partial charge in [-0.1, -0.05) is 18.2 Å². The van der Waals surface area contributed by atoms with Crippen molar-refractivity contribution in [3.8, 4) is 0 Å². The number of sulfonamides is 1. The first kappa shape index (κ1) is 23.7. The number of halogens is 1. The smallest absolute Gasteiger partial charge is 0.243 e. The Morgan fingerprint density at radius 3 is 2.36 bits per heavy atom. The van der Waals surface area contributed by atoms with Gasteiger partial charge in [0.2, 0.25) is 15.9 Å². The molecular weight excluding hydrogens is 443 g/mol. The predicted molar refractivity (Wildman–Crippen MR) is 126 cm³/mol. The predicted octanol–water partition coefficient (Wildman–Crippen LogP) is 2.16. The van der Waals surface area contributed by atoms with Crippen LogP contribution in [-0.2, 0) is 14.8 Å². The molecule has 178 valence electrons. The second-order valence-electron chi connectivity index (χ2n) is 8.61. The number of hydrogen-bond acceptors (Lipinski definition) is 5. The lowest BCUT2D eigenvalue weighted by Gasteiger charge is -2.36. The summed E-state index contributed by atoms with van der Waals surface area (Å²) in [5.41, 5.74) is 1.24. The molecule has 0 saturated carbocycles. The van der Waals surface area contributed by atoms with Crippen molar-refractivity contribution in [2.75, 3.05) is 57.3 Å². The number of nitrogens with one attached hydrogen (secondary N) is 1. The van der Waals surface area contributed by atoms with Gasteiger partial charge in [-0.05, 0) is 49.2 Å². The van der Waals surface area contributed by atoms with E-state index in [0.29, 0.717) is 25.9 Å². The van der Waals surface area contributed by atoms with Gasteiger partial charge in [0.05, 0.1) is 10.8 Å². The minimum Gasteiger partial charge on any atom is -0.369 e. The number of piperidine rings is 1. The first-order chi connectivity index (χ1) is 15.9. The van der Waals surface area contributed by atoms with Gasteiger partial charge in [0.1, 0.15) is 5.82 Å². The Labute approximate surface area is 195 Å². The summed E-state index contributed by atoms with van der Waals surface area (Å²) in [6.45, 7) is 5.64. The van der Waals surface area contributed by atoms with E-state index in [4.69, 9.17) is 0 Å². The van der Waals surface area contributed by atoms with Crippen molar-refractivity contribution in [1.29, 1.82) is 0 Å². The van der Waals surface area contributed by atoms with Crippen molar-refractivity contribution < 1.29 is 17.6 Å². The molecule has 1 atom stereocenters. The van der Waals surface area contributed by atoms with E-state index < -0.39 is 15.8 Å². The van der Waals surface area contributed by atoms with Crippen LogP contribution in [0.15, 0.2) is 59.5 Å². The molecule has 0 spiro atoms. The van der Waals surface area contributed by atoms with Crippen LogP contribution in [0, 0.1) is 11.7 Å². The first-order valence-corrected chi connectivity index (χ1v) is 12.9. The lowest BCUT2D eigenvalue weighted by molar-refractivity contribution is -0.126. The quantitative estimate of drug-likeness (QED) is 0.666. The van der Waals surface area contributed by atoms with Gasteiger partial charge >= 0.3 is 0 Å². The largest absolute Gasteiger partial charge is 0.369 e. The van der Waals surface area contributed by atoms with Crippen LogP contribution in [0.25, 0.3) is 0 Å². The van der Waals surface area contributed by atoms with Gasteiger partial charge in [0.15, 0.2) is 0 Å². The molecule has 2 aromatic carbocycles. The molecule has 2 aliphatic heterocycles. The Morgan fingerprint density at radius 2 is 1.67 bits per heavy atom. The third-order valence-corrected chi connectivity index (χ3v) is 8.31. The van der Waals surface area contributed by atoms with Crippen LogP contribution in [0.5, 0.6) is 0 Å². The second kappa shape index (κ2) is 10.6. The lowest BCUT2D eigenvalue weighted by Crippen LogP contribution is -2.49. The Morgan fingerprint density at radius 1 is 0.970 bits per heavy atom. The Bertz CT molecular complexity index is 1030. The zero-order valence-electron chi connectivity index (χ0n) is 18.7. The molecule has 0 bridgehead atoms. The van der Waals surface area contributed by atoms with Crippen LogP contribution in [0.4, 0.5) is 10.1 Å². The van der Waals surface area contributed by atoms with Crippen molar-refractivity contribution in [1.82, 2.24) is 14.5 Å². The van der Waals surface area contributed by atoms with Crippen LogP contribution < -0.4 is 10.2 Å². The van der Waals surface area contributed by atoms with Gasteiger partial charge in [-0.15, -0.1) is 0 Å². The molecule has 0 radical (unpaired) electrons. The third-order valence-electron chi connectivity index (χ3n) is 6.43. The summed E-state index contributed by atoms with van der Waals surface area (Å²) in [6.07, 6.45) is 1.29. The zero-order chi connectivity index (χ0) is 23.3. The van der Waals surface area contributed by atoms with Gasteiger partial charge in [0, 0.05) is 58.0 Å². The average Bonchev–Trinajstić information content (AvgIpc) is 2.85. The number of nitrogens with zero attached hydrogens (tertiary/aromatic N) is 3. The lowest BCUT2D eigenvalue weighted by atomic mass is 9.99. The number of benzene rings is 2. The number of piperazine rings is 1. The fourth-order valence-electron chi connectivity index (χ4n) is 4.48. The van der Waals surface area contributed by atoms with Gasteiger partial charge in [-0.25, -0.2) is 12.8 Å². The van der Waals surface area contributed by atoms with Gasteiger partial charge in [-0.2, -0.15) is 4.31 Å². The van der Waals surface area contributed by atoms with E-state index in [1.54, 1.807) is 0 Å². The minimum atomic E-state index is -3.74. The highest BCUT2D eigenvalue weighted by molar-refractivity contribution is 7.89. The summed E-state index contributed by atoms with van der Waals surface area (Å²) in [5, 5.41) is 3.00. The number of carbonyl (C=O) groups excluding carboxylic acids is 1. The average molecular weight is 475 g/mol. The fraction of sp³-hybridized carbons (Fsp3) is 0.458. The molecule has 7 nitrogen and oxygen atoms in total. The maximum Gasteiger partial charge on any atom is 0.243 e. The number of rotatable bonds is 7. The molecule has 4 rings (SSSR count). The number of amides is 1. The third kappa shape index (κ3) is 5.90. The normalized spacial score (nSPS) is 20.5. The van der Waals surface area contributed by atoms with Gasteiger partial charge in [0.25, 0.3) is 0 Å². The molecule has 2 fully saturated rings. The van der Waals surface area contributed by atoms with Crippen molar-refractivity contribution in [2.45, 2.75) is 17.7 Å². The molecule has 1 N–H and O–H groups in total. The van der Waals surface area contributed by atoms with E-state index in [0.717, 1.165) is 44.9 Å². The van der Waals surface area contributed by atoms with Crippen molar-refractivity contribution >= 4 is 21.6 Å². The van der Waals surface area contributed by atoms with E-state index in [2.05, 4.69) is 39.4 Å². The van der Waals surface area contributed by atoms with Gasteiger partial charge in [-0.3, -0.25) is 9.69 Å². The van der Waals surface area contributed by atoms with Crippen LogP contribution in [0.1, 0.15) is 12.8 Å². The first-order valence-electron chi connectivity index (χ1n) is 11.5. The highest BCUT2D eigenvalue weighted by Crippen LogP contribution is 2.24. The van der Waals surface area contributed by atoms with Crippen molar-refractivity contribution in [2.24, 2.45) is 5.92 Å². The minimum absolute atomic E-state index is 0.0552. The van der Waals surface area contributed by atoms with E-state index in [9.17, 15) is 17.6 Å². The number of carbonyl (C=O) groups is 1. The summed E-state index contributed by atoms with van der Waals surface area (Å²) in [5.74, 6) is -0.952. The van der Waals surface area contributed by atoms with Crippen molar-refractivity contribution in [3.05, 3.63) is 60.4 Å². The zero-order valence-corrected chi connectivity index (χ0v) is 19.5. The molecule has 2 heterocycles. The SMILES string of the molecule is O=C(NCCN1CCN(c2ccccc2)CC1)[C@H]1CCCN(S(=O)(=O)c2ccc(F)cc2)C1. The second-order valence-corrected chi connectivity index (χ2v) is 10.5. The van der Waals surface area contributed by atoms with Crippen LogP contribution in [-0.4, -0.2) is 75.9 Å². The molecular formula is C24H31FN4O3S. The summed E-state index contributed by atoms with van der Waals surface area (Å²) in [7, 11) is -3.74. The van der Waals surface area contributed by atoms with E-state index >= 15 is 0 Å². The number of para-hydroxylation sites is 1. The molecule has 2 saturated heterocycles.